The summed E-state index contributed by atoms with van der Waals surface area (Å²) >= 11 is 0. The normalized spacial score (nSPS) is 20.0. The standard InChI is InChI=1S/C11H22N2O/c1-8(2)10(12)11(14)13-7-9-5-3-4-6-9/h8-10H,3-7,12H2,1-2H3,(H,13,14)/t10-/m0/s1. The summed E-state index contributed by atoms with van der Waals surface area (Å²) in [5.41, 5.74) is 5.73. The Labute approximate surface area is 86.4 Å². The second-order valence-corrected chi connectivity index (χ2v) is 4.67. The molecule has 0 bridgehead atoms. The molecule has 0 aliphatic heterocycles. The third kappa shape index (κ3) is 3.29. The van der Waals surface area contributed by atoms with Gasteiger partial charge in [0.2, 0.25) is 5.91 Å². The van der Waals surface area contributed by atoms with Crippen molar-refractivity contribution in [2.24, 2.45) is 17.6 Å². The van der Waals surface area contributed by atoms with Gasteiger partial charge in [-0.1, -0.05) is 26.7 Å². The third-order valence-electron chi connectivity index (χ3n) is 3.06. The van der Waals surface area contributed by atoms with E-state index in [0.717, 1.165) is 6.54 Å². The molecule has 14 heavy (non-hydrogen) atoms. The number of nitrogens with one attached hydrogen (secondary N) is 1. The molecule has 0 unspecified atom stereocenters. The maximum atomic E-state index is 11.5. The predicted octanol–water partition coefficient (Wildman–Crippen LogP) is 1.28. The van der Waals surface area contributed by atoms with Gasteiger partial charge >= 0.3 is 0 Å². The van der Waals surface area contributed by atoms with E-state index in [4.69, 9.17) is 5.73 Å². The first-order valence-corrected chi connectivity index (χ1v) is 5.64. The molecule has 1 rings (SSSR count). The Morgan fingerprint density at radius 2 is 2.00 bits per heavy atom. The molecule has 3 nitrogen and oxygen atoms in total. The minimum atomic E-state index is -0.351. The maximum Gasteiger partial charge on any atom is 0.237 e. The Morgan fingerprint density at radius 3 is 2.50 bits per heavy atom. The van der Waals surface area contributed by atoms with E-state index in [1.165, 1.54) is 25.7 Å². The van der Waals surface area contributed by atoms with Gasteiger partial charge < -0.3 is 11.1 Å². The Balaban J connectivity index is 2.19. The van der Waals surface area contributed by atoms with Gasteiger partial charge in [-0.15, -0.1) is 0 Å². The van der Waals surface area contributed by atoms with Crippen LogP contribution in [-0.2, 0) is 4.79 Å². The number of nitrogens with two attached hydrogens (primary N) is 1. The second kappa shape index (κ2) is 5.35. The van der Waals surface area contributed by atoms with E-state index in [-0.39, 0.29) is 17.9 Å². The Bertz CT molecular complexity index is 186. The van der Waals surface area contributed by atoms with Crippen molar-refractivity contribution in [2.45, 2.75) is 45.6 Å². The third-order valence-corrected chi connectivity index (χ3v) is 3.06. The number of carbonyl (C=O) groups excluding carboxylic acids is 1. The smallest absolute Gasteiger partial charge is 0.237 e. The van der Waals surface area contributed by atoms with Gasteiger partial charge in [0.15, 0.2) is 0 Å². The molecule has 0 spiro atoms. The zero-order valence-electron chi connectivity index (χ0n) is 9.25. The van der Waals surface area contributed by atoms with Crippen LogP contribution in [0.5, 0.6) is 0 Å². The fourth-order valence-electron chi connectivity index (χ4n) is 1.88. The molecule has 1 saturated carbocycles. The van der Waals surface area contributed by atoms with Crippen LogP contribution in [0.15, 0.2) is 0 Å². The molecule has 0 radical (unpaired) electrons. The number of rotatable bonds is 4. The molecule has 3 N–H and O–H groups in total. The van der Waals surface area contributed by atoms with E-state index in [1.54, 1.807) is 0 Å². The van der Waals surface area contributed by atoms with Crippen LogP contribution in [0.3, 0.4) is 0 Å². The van der Waals surface area contributed by atoms with Crippen molar-refractivity contribution in [3.8, 4) is 0 Å². The van der Waals surface area contributed by atoms with Crippen LogP contribution in [0.1, 0.15) is 39.5 Å². The van der Waals surface area contributed by atoms with Gasteiger partial charge in [0.25, 0.3) is 0 Å². The predicted molar refractivity (Wildman–Crippen MR) is 57.8 cm³/mol. The molecule has 0 heterocycles. The summed E-state index contributed by atoms with van der Waals surface area (Å²) in [4.78, 5) is 11.5. The van der Waals surface area contributed by atoms with Gasteiger partial charge in [-0.3, -0.25) is 4.79 Å². The maximum absolute atomic E-state index is 11.5. The molecule has 0 aromatic heterocycles. The van der Waals surface area contributed by atoms with Crippen LogP contribution >= 0.6 is 0 Å². The molecular weight excluding hydrogens is 176 g/mol. The number of hydrogen-bond donors (Lipinski definition) is 2. The molecule has 1 fully saturated rings. The molecule has 1 aliphatic rings. The van der Waals surface area contributed by atoms with Crippen LogP contribution in [0.4, 0.5) is 0 Å². The minimum absolute atomic E-state index is 0.00639. The lowest BCUT2D eigenvalue weighted by molar-refractivity contribution is -0.123. The molecule has 0 aromatic carbocycles. The van der Waals surface area contributed by atoms with Gasteiger partial charge in [-0.2, -0.15) is 0 Å². The van der Waals surface area contributed by atoms with Crippen LogP contribution in [0.2, 0.25) is 0 Å². The van der Waals surface area contributed by atoms with E-state index < -0.39 is 0 Å². The molecule has 1 aliphatic carbocycles. The Morgan fingerprint density at radius 1 is 1.43 bits per heavy atom. The first-order valence-electron chi connectivity index (χ1n) is 5.64. The topological polar surface area (TPSA) is 55.1 Å². The van der Waals surface area contributed by atoms with Gasteiger partial charge in [-0.25, -0.2) is 0 Å². The molecule has 82 valence electrons. The molecule has 0 aromatic rings. The number of hydrogen-bond acceptors (Lipinski definition) is 2. The number of amides is 1. The fraction of sp³-hybridized carbons (Fsp3) is 0.909. The van der Waals surface area contributed by atoms with Gasteiger partial charge in [0.1, 0.15) is 0 Å². The molecule has 1 atom stereocenters. The van der Waals surface area contributed by atoms with E-state index in [1.807, 2.05) is 13.8 Å². The van der Waals surface area contributed by atoms with Crippen molar-refractivity contribution in [2.75, 3.05) is 6.54 Å². The fourth-order valence-corrected chi connectivity index (χ4v) is 1.88. The van der Waals surface area contributed by atoms with E-state index >= 15 is 0 Å². The van der Waals surface area contributed by atoms with Crippen molar-refractivity contribution in [1.82, 2.24) is 5.32 Å². The summed E-state index contributed by atoms with van der Waals surface area (Å²) < 4.78 is 0. The first-order chi connectivity index (χ1) is 6.61. The monoisotopic (exact) mass is 198 g/mol. The SMILES string of the molecule is CC(C)[C@H](N)C(=O)NCC1CCCC1. The zero-order valence-corrected chi connectivity index (χ0v) is 9.25. The molecular formula is C11H22N2O. The van der Waals surface area contributed by atoms with Crippen molar-refractivity contribution >= 4 is 5.91 Å². The Hall–Kier alpha value is -0.570. The van der Waals surface area contributed by atoms with Crippen molar-refractivity contribution in [1.29, 1.82) is 0 Å². The largest absolute Gasteiger partial charge is 0.354 e. The summed E-state index contributed by atoms with van der Waals surface area (Å²) in [5.74, 6) is 0.920. The lowest BCUT2D eigenvalue weighted by atomic mass is 10.0. The molecule has 0 saturated heterocycles. The van der Waals surface area contributed by atoms with E-state index in [2.05, 4.69) is 5.32 Å². The summed E-state index contributed by atoms with van der Waals surface area (Å²) in [7, 11) is 0. The van der Waals surface area contributed by atoms with Crippen LogP contribution in [0, 0.1) is 11.8 Å². The summed E-state index contributed by atoms with van der Waals surface area (Å²) in [6, 6.07) is -0.351. The highest BCUT2D eigenvalue weighted by atomic mass is 16.2. The zero-order chi connectivity index (χ0) is 10.6. The van der Waals surface area contributed by atoms with E-state index in [0.29, 0.717) is 5.92 Å². The quantitative estimate of drug-likeness (QED) is 0.715. The van der Waals surface area contributed by atoms with E-state index in [9.17, 15) is 4.79 Å². The van der Waals surface area contributed by atoms with Gasteiger partial charge in [0, 0.05) is 6.54 Å². The minimum Gasteiger partial charge on any atom is -0.354 e. The summed E-state index contributed by atoms with van der Waals surface area (Å²) in [6.07, 6.45) is 5.15. The van der Waals surface area contributed by atoms with Crippen LogP contribution in [-0.4, -0.2) is 18.5 Å². The molecule has 3 heteroatoms. The highest BCUT2D eigenvalue weighted by Crippen LogP contribution is 2.23. The van der Waals surface area contributed by atoms with Gasteiger partial charge in [-0.05, 0) is 24.7 Å². The van der Waals surface area contributed by atoms with Crippen molar-refractivity contribution in [3.05, 3.63) is 0 Å². The summed E-state index contributed by atoms with van der Waals surface area (Å²) in [6.45, 7) is 4.76. The van der Waals surface area contributed by atoms with Crippen LogP contribution in [0.25, 0.3) is 0 Å². The van der Waals surface area contributed by atoms with Crippen molar-refractivity contribution < 1.29 is 4.79 Å². The number of carbonyl (C=O) groups is 1. The molecule has 1 amide bonds. The highest BCUT2D eigenvalue weighted by Gasteiger charge is 2.19. The Kier molecular flexibility index (Phi) is 4.39. The summed E-state index contributed by atoms with van der Waals surface area (Å²) in [5, 5.41) is 2.94. The van der Waals surface area contributed by atoms with Gasteiger partial charge in [0.05, 0.1) is 6.04 Å². The second-order valence-electron chi connectivity index (χ2n) is 4.67. The van der Waals surface area contributed by atoms with Crippen LogP contribution < -0.4 is 11.1 Å². The first kappa shape index (κ1) is 11.5. The highest BCUT2D eigenvalue weighted by molar-refractivity contribution is 5.81. The average molecular weight is 198 g/mol. The lowest BCUT2D eigenvalue weighted by Crippen LogP contribution is -2.45. The van der Waals surface area contributed by atoms with Crippen molar-refractivity contribution in [3.63, 3.8) is 0 Å². The average Bonchev–Trinajstić information content (AvgIpc) is 2.65. The lowest BCUT2D eigenvalue weighted by Gasteiger charge is -2.17.